The van der Waals surface area contributed by atoms with Crippen LogP contribution in [0.3, 0.4) is 0 Å². The molecule has 0 saturated heterocycles. The molecule has 0 amide bonds. The van der Waals surface area contributed by atoms with E-state index in [1.54, 1.807) is 30.3 Å². The summed E-state index contributed by atoms with van der Waals surface area (Å²) in [5.41, 5.74) is 3.53. The maximum Gasteiger partial charge on any atom is 0.346 e. The molecule has 0 aliphatic rings. The monoisotopic (exact) mass is 519 g/mol. The van der Waals surface area contributed by atoms with Crippen LogP contribution in [0.25, 0.3) is 31.8 Å². The molecule has 0 atom stereocenters. The topological polar surface area (TPSA) is 92.5 Å². The lowest BCUT2D eigenvalue weighted by Gasteiger charge is -2.20. The van der Waals surface area contributed by atoms with Gasteiger partial charge in [0.1, 0.15) is 10.6 Å². The molecule has 9 heteroatoms. The highest BCUT2D eigenvalue weighted by Crippen LogP contribution is 2.32. The van der Waals surface area contributed by atoms with Gasteiger partial charge in [0, 0.05) is 35.9 Å². The molecule has 5 rings (SSSR count). The van der Waals surface area contributed by atoms with E-state index in [2.05, 4.69) is 28.5 Å². The fourth-order valence-electron chi connectivity index (χ4n) is 4.06. The van der Waals surface area contributed by atoms with Gasteiger partial charge >= 0.3 is 5.63 Å². The van der Waals surface area contributed by atoms with E-state index in [1.165, 1.54) is 17.4 Å². The average Bonchev–Trinajstić information content (AvgIpc) is 3.29. The second kappa shape index (κ2) is 9.40. The molecule has 184 valence electrons. The molecule has 0 unspecified atom stereocenters. The number of nitrogens with zero attached hydrogens (tertiary/aromatic N) is 2. The van der Waals surface area contributed by atoms with Crippen molar-refractivity contribution in [3.8, 4) is 10.6 Å². The number of rotatable bonds is 7. The van der Waals surface area contributed by atoms with Crippen LogP contribution < -0.4 is 15.2 Å². The van der Waals surface area contributed by atoms with Crippen LogP contribution in [0.15, 0.2) is 80.8 Å². The Bertz CT molecular complexity index is 1740. The van der Waals surface area contributed by atoms with E-state index in [0.29, 0.717) is 32.1 Å². The molecule has 0 aliphatic heterocycles. The summed E-state index contributed by atoms with van der Waals surface area (Å²) in [4.78, 5) is 19.7. The summed E-state index contributed by atoms with van der Waals surface area (Å²) in [5.74, 6) is 0. The summed E-state index contributed by atoms with van der Waals surface area (Å²) in [6, 6.07) is 19.5. The summed E-state index contributed by atoms with van der Waals surface area (Å²) in [6.07, 6.45) is 0. The van der Waals surface area contributed by atoms with Gasteiger partial charge in [-0.3, -0.25) is 4.72 Å². The minimum Gasteiger partial charge on any atom is -0.422 e. The van der Waals surface area contributed by atoms with Crippen LogP contribution in [-0.4, -0.2) is 26.5 Å². The molecule has 7 nitrogen and oxygen atoms in total. The van der Waals surface area contributed by atoms with E-state index in [1.807, 2.05) is 37.3 Å². The van der Waals surface area contributed by atoms with Crippen LogP contribution in [0.5, 0.6) is 0 Å². The molecule has 3 aromatic carbocycles. The van der Waals surface area contributed by atoms with Crippen LogP contribution in [-0.2, 0) is 10.0 Å². The first-order valence-corrected chi connectivity index (χ1v) is 13.9. The Balaban J connectivity index is 1.50. The maximum atomic E-state index is 12.9. The van der Waals surface area contributed by atoms with Gasteiger partial charge in [-0.2, -0.15) is 0 Å². The fraction of sp³-hybridized carbons (Fsp3) is 0.185. The summed E-state index contributed by atoms with van der Waals surface area (Å²) >= 11 is 1.26. The highest BCUT2D eigenvalue weighted by molar-refractivity contribution is 7.92. The number of aromatic nitrogens is 1. The van der Waals surface area contributed by atoms with Crippen molar-refractivity contribution in [3.63, 3.8) is 0 Å². The molecule has 1 N–H and O–H groups in total. The molecule has 36 heavy (non-hydrogen) atoms. The number of anilines is 2. The predicted octanol–water partition coefficient (Wildman–Crippen LogP) is 6.03. The van der Waals surface area contributed by atoms with E-state index in [-0.39, 0.29) is 4.90 Å². The molecule has 0 aliphatic carbocycles. The van der Waals surface area contributed by atoms with Crippen LogP contribution >= 0.6 is 11.3 Å². The maximum absolute atomic E-state index is 12.9. The molecule has 2 heterocycles. The SMILES string of the molecule is CCN(CC)c1ccc2cc(-c3nc4ccc(S(=O)(=O)Nc5ccc(C)cc5)cc4s3)c(=O)oc2c1. The van der Waals surface area contributed by atoms with E-state index in [0.717, 1.165) is 29.7 Å². The van der Waals surface area contributed by atoms with Gasteiger partial charge in [0.2, 0.25) is 0 Å². The van der Waals surface area contributed by atoms with E-state index >= 15 is 0 Å². The molecule has 2 aromatic heterocycles. The normalized spacial score (nSPS) is 11.8. The molecule has 0 fully saturated rings. The zero-order chi connectivity index (χ0) is 25.4. The Morgan fingerprint density at radius 1 is 0.972 bits per heavy atom. The highest BCUT2D eigenvalue weighted by Gasteiger charge is 2.18. The van der Waals surface area contributed by atoms with Crippen LogP contribution in [0, 0.1) is 6.92 Å². The van der Waals surface area contributed by atoms with Gasteiger partial charge in [0.15, 0.2) is 0 Å². The highest BCUT2D eigenvalue weighted by atomic mass is 32.2. The van der Waals surface area contributed by atoms with Crippen molar-refractivity contribution < 1.29 is 12.8 Å². The standard InChI is InChI=1S/C27H25N3O4S2/c1-4-30(5-2)20-11-8-18-14-22(27(31)34-24(18)15-20)26-28-23-13-12-21(16-25(23)35-26)36(32,33)29-19-9-6-17(3)7-10-19/h6-16,29H,4-5H2,1-3H3. The van der Waals surface area contributed by atoms with Crippen molar-refractivity contribution in [3.05, 3.63) is 82.7 Å². The summed E-state index contributed by atoms with van der Waals surface area (Å²) in [7, 11) is -3.78. The predicted molar refractivity (Wildman–Crippen MR) is 147 cm³/mol. The lowest BCUT2D eigenvalue weighted by Crippen LogP contribution is -2.21. The fourth-order valence-corrected chi connectivity index (χ4v) is 6.23. The second-order valence-electron chi connectivity index (χ2n) is 8.46. The number of hydrogen-bond acceptors (Lipinski definition) is 7. The minimum atomic E-state index is -3.78. The third-order valence-corrected chi connectivity index (χ3v) is 8.48. The first kappa shape index (κ1) is 24.0. The molecule has 0 bridgehead atoms. The first-order valence-electron chi connectivity index (χ1n) is 11.6. The molecule has 0 spiro atoms. The largest absolute Gasteiger partial charge is 0.422 e. The van der Waals surface area contributed by atoms with Crippen LogP contribution in [0.2, 0.25) is 0 Å². The quantitative estimate of drug-likeness (QED) is 0.264. The number of benzene rings is 3. The van der Waals surface area contributed by atoms with Gasteiger partial charge in [0.05, 0.1) is 20.7 Å². The van der Waals surface area contributed by atoms with E-state index < -0.39 is 15.6 Å². The van der Waals surface area contributed by atoms with E-state index in [4.69, 9.17) is 4.42 Å². The van der Waals surface area contributed by atoms with Gasteiger partial charge in [0.25, 0.3) is 10.0 Å². The van der Waals surface area contributed by atoms with E-state index in [9.17, 15) is 13.2 Å². The Kier molecular flexibility index (Phi) is 6.27. The lowest BCUT2D eigenvalue weighted by atomic mass is 10.1. The van der Waals surface area contributed by atoms with Crippen molar-refractivity contribution in [2.45, 2.75) is 25.7 Å². The molecular weight excluding hydrogens is 494 g/mol. The Morgan fingerprint density at radius 3 is 2.44 bits per heavy atom. The van der Waals surface area contributed by atoms with Crippen molar-refractivity contribution in [2.75, 3.05) is 22.7 Å². The molecule has 5 aromatic rings. The van der Waals surface area contributed by atoms with Crippen molar-refractivity contribution in [1.82, 2.24) is 4.98 Å². The van der Waals surface area contributed by atoms with Crippen molar-refractivity contribution in [1.29, 1.82) is 0 Å². The van der Waals surface area contributed by atoms with Gasteiger partial charge in [-0.1, -0.05) is 17.7 Å². The van der Waals surface area contributed by atoms with Gasteiger partial charge in [-0.05, 0) is 69.3 Å². The van der Waals surface area contributed by atoms with Gasteiger partial charge in [-0.15, -0.1) is 11.3 Å². The zero-order valence-electron chi connectivity index (χ0n) is 20.1. The second-order valence-corrected chi connectivity index (χ2v) is 11.2. The van der Waals surface area contributed by atoms with Crippen molar-refractivity contribution in [2.24, 2.45) is 0 Å². The Morgan fingerprint density at radius 2 is 1.72 bits per heavy atom. The number of aryl methyl sites for hydroxylation is 1. The number of thiazole rings is 1. The molecule has 0 radical (unpaired) electrons. The smallest absolute Gasteiger partial charge is 0.346 e. The van der Waals surface area contributed by atoms with Crippen LogP contribution in [0.4, 0.5) is 11.4 Å². The third kappa shape index (κ3) is 4.59. The number of hydrogen-bond donors (Lipinski definition) is 1. The lowest BCUT2D eigenvalue weighted by molar-refractivity contribution is 0.563. The number of nitrogens with one attached hydrogen (secondary N) is 1. The summed E-state index contributed by atoms with van der Waals surface area (Å²) in [6.45, 7) is 7.81. The zero-order valence-corrected chi connectivity index (χ0v) is 21.7. The summed E-state index contributed by atoms with van der Waals surface area (Å²) in [5, 5.41) is 1.28. The number of fused-ring (bicyclic) bond motifs is 2. The Labute approximate surface area is 213 Å². The first-order chi connectivity index (χ1) is 17.3. The summed E-state index contributed by atoms with van der Waals surface area (Å²) < 4.78 is 34.8. The molecule has 0 saturated carbocycles. The minimum absolute atomic E-state index is 0.125. The van der Waals surface area contributed by atoms with Gasteiger partial charge < -0.3 is 9.32 Å². The number of sulfonamides is 1. The van der Waals surface area contributed by atoms with Crippen LogP contribution in [0.1, 0.15) is 19.4 Å². The van der Waals surface area contributed by atoms with Crippen molar-refractivity contribution >= 4 is 53.9 Å². The Hall–Kier alpha value is -3.69. The third-order valence-electron chi connectivity index (χ3n) is 6.05. The average molecular weight is 520 g/mol. The van der Waals surface area contributed by atoms with Gasteiger partial charge in [-0.25, -0.2) is 18.2 Å². The molecular formula is C27H25N3O4S2.